The molecule has 0 radical (unpaired) electrons. The fourth-order valence-corrected chi connectivity index (χ4v) is 2.35. The lowest BCUT2D eigenvalue weighted by atomic mass is 10.2. The number of hydrogen-bond donors (Lipinski definition) is 0. The van der Waals surface area contributed by atoms with Gasteiger partial charge in [0.25, 0.3) is 5.16 Å². The number of rotatable bonds is 4. The Labute approximate surface area is 107 Å². The summed E-state index contributed by atoms with van der Waals surface area (Å²) in [6, 6.07) is 6.24. The van der Waals surface area contributed by atoms with E-state index in [-0.39, 0.29) is 11.6 Å². The van der Waals surface area contributed by atoms with Crippen molar-refractivity contribution in [1.29, 1.82) is 0 Å². The van der Waals surface area contributed by atoms with E-state index in [2.05, 4.69) is 4.98 Å². The van der Waals surface area contributed by atoms with Gasteiger partial charge in [0.1, 0.15) is 12.0 Å². The number of benzene rings is 1. The van der Waals surface area contributed by atoms with Crippen LogP contribution in [0.15, 0.2) is 35.6 Å². The van der Waals surface area contributed by atoms with Crippen LogP contribution >= 0.6 is 11.8 Å². The number of hydrogen-bond acceptors (Lipinski definition) is 4. The van der Waals surface area contributed by atoms with Crippen molar-refractivity contribution in [2.45, 2.75) is 10.9 Å². The van der Waals surface area contributed by atoms with Crippen molar-refractivity contribution in [1.82, 2.24) is 9.55 Å². The first-order valence-electron chi connectivity index (χ1n) is 5.11. The molecule has 0 saturated carbocycles. The number of aromatic nitrogens is 2. The van der Waals surface area contributed by atoms with E-state index in [0.717, 1.165) is 5.56 Å². The predicted molar refractivity (Wildman–Crippen MR) is 65.8 cm³/mol. The molecule has 0 aliphatic carbocycles. The van der Waals surface area contributed by atoms with Gasteiger partial charge in [-0.05, 0) is 22.6 Å². The van der Waals surface area contributed by atoms with E-state index >= 15 is 0 Å². The van der Waals surface area contributed by atoms with E-state index in [0.29, 0.717) is 10.9 Å². The third-order valence-electron chi connectivity index (χ3n) is 2.37. The molecule has 0 amide bonds. The van der Waals surface area contributed by atoms with Gasteiger partial charge >= 0.3 is 5.82 Å². The van der Waals surface area contributed by atoms with Crippen LogP contribution in [-0.4, -0.2) is 14.5 Å². The third kappa shape index (κ3) is 2.67. The molecule has 94 valence electrons. The van der Waals surface area contributed by atoms with E-state index in [1.165, 1.54) is 34.7 Å². The monoisotopic (exact) mass is 267 g/mol. The second kappa shape index (κ2) is 5.18. The van der Waals surface area contributed by atoms with Crippen LogP contribution in [-0.2, 0) is 12.8 Å². The van der Waals surface area contributed by atoms with E-state index < -0.39 is 4.92 Å². The van der Waals surface area contributed by atoms with Gasteiger partial charge in [-0.3, -0.25) is 0 Å². The zero-order valence-corrected chi connectivity index (χ0v) is 10.4. The zero-order chi connectivity index (χ0) is 13.1. The summed E-state index contributed by atoms with van der Waals surface area (Å²) in [5.74, 6) is 0.162. The lowest BCUT2D eigenvalue weighted by Gasteiger charge is -2.00. The maximum Gasteiger partial charge on any atom is 0.343 e. The Morgan fingerprint density at radius 3 is 2.94 bits per heavy atom. The highest BCUT2D eigenvalue weighted by Crippen LogP contribution is 2.24. The molecule has 5 nitrogen and oxygen atoms in total. The van der Waals surface area contributed by atoms with Crippen molar-refractivity contribution in [2.75, 3.05) is 0 Å². The molecule has 0 aliphatic rings. The van der Waals surface area contributed by atoms with Gasteiger partial charge in [-0.15, -0.1) is 0 Å². The number of nitrogens with zero attached hydrogens (tertiary/aromatic N) is 3. The number of halogens is 1. The highest BCUT2D eigenvalue weighted by Gasteiger charge is 2.16. The summed E-state index contributed by atoms with van der Waals surface area (Å²) in [7, 11) is 1.58. The van der Waals surface area contributed by atoms with Crippen LogP contribution in [0.2, 0.25) is 0 Å². The molecular formula is C11H10FN3O2S. The minimum absolute atomic E-state index is 0.0586. The van der Waals surface area contributed by atoms with E-state index in [1.807, 2.05) is 0 Å². The van der Waals surface area contributed by atoms with Crippen LogP contribution in [0.3, 0.4) is 0 Å². The lowest BCUT2D eigenvalue weighted by Crippen LogP contribution is -1.98. The van der Waals surface area contributed by atoms with Crippen LogP contribution in [0.25, 0.3) is 0 Å². The van der Waals surface area contributed by atoms with Gasteiger partial charge in [-0.1, -0.05) is 23.9 Å². The van der Waals surface area contributed by atoms with Crippen LogP contribution in [0, 0.1) is 15.9 Å². The molecule has 0 aliphatic heterocycles. The molecule has 1 aromatic carbocycles. The number of nitro groups is 1. The second-order valence-corrected chi connectivity index (χ2v) is 4.58. The molecular weight excluding hydrogens is 257 g/mol. The van der Waals surface area contributed by atoms with Gasteiger partial charge in [0.2, 0.25) is 0 Å². The standard InChI is InChI=1S/C11H10FN3O2S/c1-14-10(15(16)17)6-13-11(14)18-7-8-3-2-4-9(12)5-8/h2-6H,7H2,1H3. The van der Waals surface area contributed by atoms with Crippen LogP contribution in [0.4, 0.5) is 10.2 Å². The third-order valence-corrected chi connectivity index (χ3v) is 3.48. The Bertz CT molecular complexity index is 585. The summed E-state index contributed by atoms with van der Waals surface area (Å²) < 4.78 is 14.4. The van der Waals surface area contributed by atoms with E-state index in [4.69, 9.17) is 0 Å². The molecule has 1 heterocycles. The first kappa shape index (κ1) is 12.6. The maximum atomic E-state index is 13.0. The van der Waals surface area contributed by atoms with E-state index in [1.54, 1.807) is 19.2 Å². The quantitative estimate of drug-likeness (QED) is 0.485. The SMILES string of the molecule is Cn1c([N+](=O)[O-])cnc1SCc1cccc(F)c1. The zero-order valence-electron chi connectivity index (χ0n) is 9.54. The summed E-state index contributed by atoms with van der Waals surface area (Å²) >= 11 is 1.33. The highest BCUT2D eigenvalue weighted by molar-refractivity contribution is 7.98. The Morgan fingerprint density at radius 2 is 2.33 bits per heavy atom. The average Bonchev–Trinajstić information content (AvgIpc) is 2.68. The van der Waals surface area contributed by atoms with Gasteiger partial charge in [0.05, 0.1) is 7.05 Å². The summed E-state index contributed by atoms with van der Waals surface area (Å²) in [4.78, 5) is 14.1. The normalized spacial score (nSPS) is 10.6. The minimum atomic E-state index is -0.487. The predicted octanol–water partition coefficient (Wildman–Crippen LogP) is 2.76. The van der Waals surface area contributed by atoms with E-state index in [9.17, 15) is 14.5 Å². The molecule has 0 unspecified atom stereocenters. The summed E-state index contributed by atoms with van der Waals surface area (Å²) in [6.07, 6.45) is 1.22. The second-order valence-electron chi connectivity index (χ2n) is 3.63. The van der Waals surface area contributed by atoms with Gasteiger partial charge in [-0.25, -0.2) is 13.9 Å². The summed E-state index contributed by atoms with van der Waals surface area (Å²) in [5, 5.41) is 11.2. The minimum Gasteiger partial charge on any atom is -0.358 e. The molecule has 7 heteroatoms. The molecule has 18 heavy (non-hydrogen) atoms. The first-order valence-corrected chi connectivity index (χ1v) is 6.10. The molecule has 1 aromatic heterocycles. The summed E-state index contributed by atoms with van der Waals surface area (Å²) in [5.41, 5.74) is 0.811. The van der Waals surface area contributed by atoms with Crippen molar-refractivity contribution in [3.63, 3.8) is 0 Å². The Balaban J connectivity index is 2.09. The highest BCUT2D eigenvalue weighted by atomic mass is 32.2. The van der Waals surface area contributed by atoms with Crippen LogP contribution < -0.4 is 0 Å². The Kier molecular flexibility index (Phi) is 3.61. The molecule has 0 spiro atoms. The first-order chi connectivity index (χ1) is 8.58. The van der Waals surface area contributed by atoms with Gasteiger partial charge in [0, 0.05) is 5.75 Å². The molecule has 0 bridgehead atoms. The maximum absolute atomic E-state index is 13.0. The van der Waals surface area contributed by atoms with Gasteiger partial charge < -0.3 is 10.1 Å². The fraction of sp³-hybridized carbons (Fsp3) is 0.182. The molecule has 0 saturated heterocycles. The number of imidazole rings is 1. The molecule has 0 fully saturated rings. The van der Waals surface area contributed by atoms with Crippen molar-refractivity contribution in [3.8, 4) is 0 Å². The molecule has 0 atom stereocenters. The average molecular weight is 267 g/mol. The smallest absolute Gasteiger partial charge is 0.343 e. The van der Waals surface area contributed by atoms with Gasteiger partial charge in [0.15, 0.2) is 0 Å². The largest absolute Gasteiger partial charge is 0.358 e. The topological polar surface area (TPSA) is 61.0 Å². The molecule has 0 N–H and O–H groups in total. The van der Waals surface area contributed by atoms with Crippen molar-refractivity contribution in [3.05, 3.63) is 52.0 Å². The Hall–Kier alpha value is -1.89. The lowest BCUT2D eigenvalue weighted by molar-refractivity contribution is -0.392. The Morgan fingerprint density at radius 1 is 1.56 bits per heavy atom. The number of thioether (sulfide) groups is 1. The fourth-order valence-electron chi connectivity index (χ4n) is 1.46. The molecule has 2 aromatic rings. The summed E-state index contributed by atoms with van der Waals surface area (Å²) in [6.45, 7) is 0. The van der Waals surface area contributed by atoms with Crippen molar-refractivity contribution < 1.29 is 9.31 Å². The van der Waals surface area contributed by atoms with Gasteiger partial charge in [-0.2, -0.15) is 0 Å². The molecule has 2 rings (SSSR count). The van der Waals surface area contributed by atoms with Crippen molar-refractivity contribution >= 4 is 17.6 Å². The van der Waals surface area contributed by atoms with Crippen LogP contribution in [0.1, 0.15) is 5.56 Å². The van der Waals surface area contributed by atoms with Crippen LogP contribution in [0.5, 0.6) is 0 Å². The van der Waals surface area contributed by atoms with Crippen molar-refractivity contribution in [2.24, 2.45) is 7.05 Å².